The molecule has 2 aromatic rings. The lowest BCUT2D eigenvalue weighted by Gasteiger charge is -2.34. The molecule has 7 heteroatoms. The number of piperidine rings is 1. The van der Waals surface area contributed by atoms with Crippen LogP contribution >= 0.6 is 11.3 Å². The van der Waals surface area contributed by atoms with Gasteiger partial charge in [-0.1, -0.05) is 18.3 Å². The Morgan fingerprint density at radius 1 is 1.36 bits per heavy atom. The van der Waals surface area contributed by atoms with E-state index in [2.05, 4.69) is 27.3 Å². The number of anilines is 2. The van der Waals surface area contributed by atoms with Gasteiger partial charge in [-0.2, -0.15) is 0 Å². The quantitative estimate of drug-likeness (QED) is 0.817. The summed E-state index contributed by atoms with van der Waals surface area (Å²) >= 11 is 1.55. The molecule has 2 N–H and O–H groups in total. The van der Waals surface area contributed by atoms with Gasteiger partial charge in [-0.3, -0.25) is 0 Å². The Labute approximate surface area is 151 Å². The number of benzene rings is 1. The highest BCUT2D eigenvalue weighted by molar-refractivity contribution is 7.15. The van der Waals surface area contributed by atoms with Crippen molar-refractivity contribution in [3.8, 4) is 0 Å². The average molecular weight is 364 g/mol. The molecule has 1 atom stereocenters. The van der Waals surface area contributed by atoms with E-state index in [4.69, 9.17) is 0 Å². The molecule has 0 aliphatic carbocycles. The Balaban J connectivity index is 1.78. The van der Waals surface area contributed by atoms with Gasteiger partial charge in [0.2, 0.25) is 5.13 Å². The molecule has 0 amide bonds. The Kier molecular flexibility index (Phi) is 5.86. The fourth-order valence-corrected chi connectivity index (χ4v) is 4.09. The largest absolute Gasteiger partial charge is 0.393 e. The van der Waals surface area contributed by atoms with E-state index in [-0.39, 0.29) is 18.0 Å². The molecule has 0 bridgehead atoms. The predicted molar refractivity (Wildman–Crippen MR) is 99.8 cm³/mol. The van der Waals surface area contributed by atoms with Crippen LogP contribution in [0, 0.1) is 5.82 Å². The maximum atomic E-state index is 13.9. The van der Waals surface area contributed by atoms with Gasteiger partial charge in [0.05, 0.1) is 12.1 Å². The lowest BCUT2D eigenvalue weighted by molar-refractivity contribution is 0.145. The minimum atomic E-state index is -0.242. The summed E-state index contributed by atoms with van der Waals surface area (Å²) in [6, 6.07) is 4.84. The van der Waals surface area contributed by atoms with Gasteiger partial charge in [0.1, 0.15) is 10.8 Å². The first kappa shape index (κ1) is 18.1. The summed E-state index contributed by atoms with van der Waals surface area (Å²) in [6.45, 7) is 5.70. The fraction of sp³-hybridized carbons (Fsp3) is 0.556. The minimum absolute atomic E-state index is 0.0834. The first-order valence-corrected chi connectivity index (χ1v) is 9.70. The number of nitrogens with one attached hydrogen (secondary N) is 1. The zero-order valence-corrected chi connectivity index (χ0v) is 15.5. The third-order valence-electron chi connectivity index (χ3n) is 4.53. The molecule has 5 nitrogen and oxygen atoms in total. The van der Waals surface area contributed by atoms with Crippen LogP contribution in [0.4, 0.5) is 15.2 Å². The number of halogens is 1. The van der Waals surface area contributed by atoms with Gasteiger partial charge >= 0.3 is 0 Å². The molecular weight excluding hydrogens is 339 g/mol. The van der Waals surface area contributed by atoms with E-state index in [1.165, 1.54) is 6.07 Å². The number of aliphatic hydroxyl groups excluding tert-OH is 1. The topological polar surface area (TPSA) is 61.3 Å². The maximum Gasteiger partial charge on any atom is 0.206 e. The predicted octanol–water partition coefficient (Wildman–Crippen LogP) is 3.76. The van der Waals surface area contributed by atoms with Gasteiger partial charge in [-0.05, 0) is 44.4 Å². The van der Waals surface area contributed by atoms with Crippen molar-refractivity contribution in [1.29, 1.82) is 0 Å². The van der Waals surface area contributed by atoms with Crippen molar-refractivity contribution < 1.29 is 9.50 Å². The molecular formula is C18H25FN4OS. The van der Waals surface area contributed by atoms with Crippen LogP contribution in [0.15, 0.2) is 18.2 Å². The molecule has 3 rings (SSSR count). The Bertz CT molecular complexity index is 700. The van der Waals surface area contributed by atoms with Crippen LogP contribution in [0.3, 0.4) is 0 Å². The van der Waals surface area contributed by atoms with Crippen LogP contribution in [-0.4, -0.2) is 34.5 Å². The highest BCUT2D eigenvalue weighted by Crippen LogP contribution is 2.32. The number of aryl methyl sites for hydroxylation is 1. The third-order valence-corrected chi connectivity index (χ3v) is 5.45. The molecule has 1 aromatic heterocycles. The Morgan fingerprint density at radius 2 is 2.12 bits per heavy atom. The van der Waals surface area contributed by atoms with E-state index < -0.39 is 0 Å². The van der Waals surface area contributed by atoms with E-state index in [1.807, 2.05) is 13.0 Å². The van der Waals surface area contributed by atoms with E-state index in [0.29, 0.717) is 0 Å². The highest BCUT2D eigenvalue weighted by Gasteiger charge is 2.22. The smallest absolute Gasteiger partial charge is 0.206 e. The number of hydrogen-bond acceptors (Lipinski definition) is 6. The van der Waals surface area contributed by atoms with Gasteiger partial charge in [0, 0.05) is 30.8 Å². The standard InChI is InChI=1S/C18H25FN4OS/c1-3-4-17-21-22-18(25-17)20-12(2)15-11-13(19)5-6-16(15)23-9-7-14(24)8-10-23/h5-6,11-12,14,24H,3-4,7-10H2,1-2H3,(H,20,22). The molecule has 25 heavy (non-hydrogen) atoms. The van der Waals surface area contributed by atoms with Gasteiger partial charge in [-0.25, -0.2) is 4.39 Å². The third kappa shape index (κ3) is 4.46. The SMILES string of the molecule is CCCc1nnc(NC(C)c2cc(F)ccc2N2CCC(O)CC2)s1. The normalized spacial score (nSPS) is 16.9. The Morgan fingerprint density at radius 3 is 2.84 bits per heavy atom. The van der Waals surface area contributed by atoms with E-state index in [1.54, 1.807) is 17.4 Å². The van der Waals surface area contributed by atoms with Gasteiger partial charge in [-0.15, -0.1) is 10.2 Å². The van der Waals surface area contributed by atoms with Crippen LogP contribution in [0.25, 0.3) is 0 Å². The first-order chi connectivity index (χ1) is 12.1. The van der Waals surface area contributed by atoms with Crippen LogP contribution in [-0.2, 0) is 6.42 Å². The van der Waals surface area contributed by atoms with Crippen molar-refractivity contribution in [3.05, 3.63) is 34.6 Å². The number of hydrogen-bond donors (Lipinski definition) is 2. The minimum Gasteiger partial charge on any atom is -0.393 e. The molecule has 1 unspecified atom stereocenters. The second-order valence-electron chi connectivity index (χ2n) is 6.54. The second kappa shape index (κ2) is 8.10. The summed E-state index contributed by atoms with van der Waals surface area (Å²) < 4.78 is 13.9. The molecule has 136 valence electrons. The lowest BCUT2D eigenvalue weighted by atomic mass is 10.0. The van der Waals surface area contributed by atoms with Crippen molar-refractivity contribution in [2.75, 3.05) is 23.3 Å². The van der Waals surface area contributed by atoms with Crippen LogP contribution in [0.1, 0.15) is 49.7 Å². The maximum absolute atomic E-state index is 13.9. The van der Waals surface area contributed by atoms with E-state index in [0.717, 1.165) is 60.2 Å². The molecule has 1 saturated heterocycles. The number of rotatable bonds is 6. The fourth-order valence-electron chi connectivity index (χ4n) is 3.16. The first-order valence-electron chi connectivity index (χ1n) is 8.88. The van der Waals surface area contributed by atoms with Gasteiger partial charge < -0.3 is 15.3 Å². The van der Waals surface area contributed by atoms with Crippen LogP contribution in [0.5, 0.6) is 0 Å². The van der Waals surface area contributed by atoms with Gasteiger partial charge in [0.25, 0.3) is 0 Å². The molecule has 0 radical (unpaired) electrons. The summed E-state index contributed by atoms with van der Waals surface area (Å²) in [5, 5.41) is 23.2. The van der Waals surface area contributed by atoms with Gasteiger partial charge in [0.15, 0.2) is 0 Å². The summed E-state index contributed by atoms with van der Waals surface area (Å²) in [5.74, 6) is -0.242. The van der Waals surface area contributed by atoms with Crippen molar-refractivity contribution in [1.82, 2.24) is 10.2 Å². The molecule has 0 saturated carbocycles. The number of aliphatic hydroxyl groups is 1. The van der Waals surface area contributed by atoms with Crippen LogP contribution < -0.4 is 10.2 Å². The van der Waals surface area contributed by atoms with Crippen molar-refractivity contribution in [2.45, 2.75) is 51.7 Å². The molecule has 1 aromatic carbocycles. The molecule has 0 spiro atoms. The zero-order valence-electron chi connectivity index (χ0n) is 14.7. The monoisotopic (exact) mass is 364 g/mol. The molecule has 2 heterocycles. The van der Waals surface area contributed by atoms with Crippen molar-refractivity contribution >= 4 is 22.2 Å². The lowest BCUT2D eigenvalue weighted by Crippen LogP contribution is -2.36. The second-order valence-corrected chi connectivity index (χ2v) is 7.60. The van der Waals surface area contributed by atoms with Crippen LogP contribution in [0.2, 0.25) is 0 Å². The van der Waals surface area contributed by atoms with Crippen molar-refractivity contribution in [3.63, 3.8) is 0 Å². The molecule has 1 aliphatic rings. The zero-order chi connectivity index (χ0) is 17.8. The average Bonchev–Trinajstić information content (AvgIpc) is 3.03. The summed E-state index contributed by atoms with van der Waals surface area (Å²) in [5.41, 5.74) is 1.93. The van der Waals surface area contributed by atoms with Crippen molar-refractivity contribution in [2.24, 2.45) is 0 Å². The molecule has 1 aliphatic heterocycles. The summed E-state index contributed by atoms with van der Waals surface area (Å²) in [6.07, 6.45) is 3.23. The number of nitrogens with zero attached hydrogens (tertiary/aromatic N) is 3. The number of aromatic nitrogens is 2. The summed E-state index contributed by atoms with van der Waals surface area (Å²) in [7, 11) is 0. The molecule has 1 fully saturated rings. The van der Waals surface area contributed by atoms with E-state index in [9.17, 15) is 9.50 Å². The highest BCUT2D eigenvalue weighted by atomic mass is 32.1. The summed E-state index contributed by atoms with van der Waals surface area (Å²) in [4.78, 5) is 2.22. The van der Waals surface area contributed by atoms with E-state index >= 15 is 0 Å². The Hall–Kier alpha value is -1.73.